The van der Waals surface area contributed by atoms with Gasteiger partial charge in [-0.25, -0.2) is 4.79 Å². The van der Waals surface area contributed by atoms with Crippen molar-refractivity contribution in [2.24, 2.45) is 5.92 Å². The van der Waals surface area contributed by atoms with Crippen molar-refractivity contribution in [3.8, 4) is 0 Å². The number of carboxylic acid groups (broad SMARTS) is 1. The SMILES string of the molecule is CN(C)C(=O)CCN1CC[C@H](Cc2ccc(C(=O)O)cc2)C1. The highest BCUT2D eigenvalue weighted by Crippen LogP contribution is 2.21. The second-order valence-corrected chi connectivity index (χ2v) is 6.20. The number of benzene rings is 1. The zero-order valence-electron chi connectivity index (χ0n) is 13.3. The van der Waals surface area contributed by atoms with Crippen LogP contribution in [0.2, 0.25) is 0 Å². The average Bonchev–Trinajstić information content (AvgIpc) is 2.92. The van der Waals surface area contributed by atoms with Crippen LogP contribution >= 0.6 is 0 Å². The minimum atomic E-state index is -0.885. The fourth-order valence-electron chi connectivity index (χ4n) is 2.88. The van der Waals surface area contributed by atoms with Crippen molar-refractivity contribution in [3.63, 3.8) is 0 Å². The second kappa shape index (κ2) is 7.40. The number of hydrogen-bond acceptors (Lipinski definition) is 3. The molecule has 2 rings (SSSR count). The van der Waals surface area contributed by atoms with Gasteiger partial charge in [-0.1, -0.05) is 12.1 Å². The van der Waals surface area contributed by atoms with Crippen molar-refractivity contribution in [2.75, 3.05) is 33.7 Å². The van der Waals surface area contributed by atoms with E-state index in [2.05, 4.69) is 4.90 Å². The van der Waals surface area contributed by atoms with Gasteiger partial charge in [0.25, 0.3) is 0 Å². The number of carbonyl (C=O) groups is 2. The summed E-state index contributed by atoms with van der Waals surface area (Å²) in [6.45, 7) is 2.88. The molecule has 0 spiro atoms. The molecule has 0 radical (unpaired) electrons. The molecule has 22 heavy (non-hydrogen) atoms. The van der Waals surface area contributed by atoms with E-state index in [0.29, 0.717) is 17.9 Å². The number of carboxylic acids is 1. The molecule has 5 heteroatoms. The van der Waals surface area contributed by atoms with Gasteiger partial charge >= 0.3 is 5.97 Å². The van der Waals surface area contributed by atoms with Crippen LogP contribution in [0.4, 0.5) is 0 Å². The maximum atomic E-state index is 11.6. The number of nitrogens with zero attached hydrogens (tertiary/aromatic N) is 2. The Morgan fingerprint density at radius 1 is 1.27 bits per heavy atom. The highest BCUT2D eigenvalue weighted by molar-refractivity contribution is 5.87. The summed E-state index contributed by atoms with van der Waals surface area (Å²) in [5.74, 6) is -0.123. The normalized spacial score (nSPS) is 18.4. The van der Waals surface area contributed by atoms with Crippen molar-refractivity contribution >= 4 is 11.9 Å². The minimum absolute atomic E-state index is 0.174. The summed E-state index contributed by atoms with van der Waals surface area (Å²) >= 11 is 0. The van der Waals surface area contributed by atoms with E-state index < -0.39 is 5.97 Å². The molecule has 1 atom stereocenters. The molecule has 1 aliphatic heterocycles. The van der Waals surface area contributed by atoms with E-state index >= 15 is 0 Å². The van der Waals surface area contributed by atoms with E-state index in [1.165, 1.54) is 5.56 Å². The number of carbonyl (C=O) groups excluding carboxylic acids is 1. The zero-order valence-corrected chi connectivity index (χ0v) is 13.3. The van der Waals surface area contributed by atoms with Gasteiger partial charge in [-0.3, -0.25) is 4.79 Å². The molecule has 1 aromatic rings. The third-order valence-corrected chi connectivity index (χ3v) is 4.24. The predicted octanol–water partition coefficient (Wildman–Crippen LogP) is 1.73. The molecule has 5 nitrogen and oxygen atoms in total. The quantitative estimate of drug-likeness (QED) is 0.869. The van der Waals surface area contributed by atoms with Crippen molar-refractivity contribution in [2.45, 2.75) is 19.3 Å². The first-order chi connectivity index (χ1) is 10.5. The Kier molecular flexibility index (Phi) is 5.55. The lowest BCUT2D eigenvalue weighted by molar-refractivity contribution is -0.128. The van der Waals surface area contributed by atoms with E-state index in [9.17, 15) is 9.59 Å². The first kappa shape index (κ1) is 16.5. The van der Waals surface area contributed by atoms with Crippen LogP contribution in [0.3, 0.4) is 0 Å². The zero-order chi connectivity index (χ0) is 16.1. The molecule has 1 heterocycles. The van der Waals surface area contributed by atoms with E-state index in [0.717, 1.165) is 32.5 Å². The number of rotatable bonds is 6. The van der Waals surface area contributed by atoms with E-state index in [4.69, 9.17) is 5.11 Å². The number of likely N-dealkylation sites (tertiary alicyclic amines) is 1. The second-order valence-electron chi connectivity index (χ2n) is 6.20. The summed E-state index contributed by atoms with van der Waals surface area (Å²) in [6.07, 6.45) is 2.68. The van der Waals surface area contributed by atoms with Crippen molar-refractivity contribution in [1.82, 2.24) is 9.80 Å². The van der Waals surface area contributed by atoms with Crippen LogP contribution in [0.5, 0.6) is 0 Å². The van der Waals surface area contributed by atoms with Gasteiger partial charge in [-0.2, -0.15) is 0 Å². The fraction of sp³-hybridized carbons (Fsp3) is 0.529. The maximum absolute atomic E-state index is 11.6. The van der Waals surface area contributed by atoms with Crippen LogP contribution in [0.25, 0.3) is 0 Å². The highest BCUT2D eigenvalue weighted by Gasteiger charge is 2.23. The molecule has 0 aliphatic carbocycles. The molecule has 120 valence electrons. The van der Waals surface area contributed by atoms with Crippen LogP contribution in [-0.4, -0.2) is 60.5 Å². The van der Waals surface area contributed by atoms with Crippen molar-refractivity contribution in [3.05, 3.63) is 35.4 Å². The summed E-state index contributed by atoms with van der Waals surface area (Å²) in [5.41, 5.74) is 1.51. The summed E-state index contributed by atoms with van der Waals surface area (Å²) in [4.78, 5) is 26.4. The third kappa shape index (κ3) is 4.56. The molecule has 1 saturated heterocycles. The lowest BCUT2D eigenvalue weighted by Crippen LogP contribution is -2.29. The van der Waals surface area contributed by atoms with E-state index in [1.807, 2.05) is 12.1 Å². The summed E-state index contributed by atoms with van der Waals surface area (Å²) in [5, 5.41) is 8.90. The lowest BCUT2D eigenvalue weighted by atomic mass is 9.98. The number of aromatic carboxylic acids is 1. The monoisotopic (exact) mass is 304 g/mol. The van der Waals surface area contributed by atoms with Crippen LogP contribution < -0.4 is 0 Å². The molecule has 0 saturated carbocycles. The molecule has 1 aromatic carbocycles. The Hall–Kier alpha value is -1.88. The van der Waals surface area contributed by atoms with Crippen LogP contribution in [0, 0.1) is 5.92 Å². The summed E-state index contributed by atoms with van der Waals surface area (Å²) in [6, 6.07) is 7.14. The minimum Gasteiger partial charge on any atom is -0.478 e. The molecule has 1 N–H and O–H groups in total. The van der Waals surface area contributed by atoms with Crippen molar-refractivity contribution < 1.29 is 14.7 Å². The average molecular weight is 304 g/mol. The third-order valence-electron chi connectivity index (χ3n) is 4.24. The van der Waals surface area contributed by atoms with Gasteiger partial charge in [0.15, 0.2) is 0 Å². The van der Waals surface area contributed by atoms with Gasteiger partial charge < -0.3 is 14.9 Å². The van der Waals surface area contributed by atoms with Crippen LogP contribution in [0.15, 0.2) is 24.3 Å². The van der Waals surface area contributed by atoms with E-state index in [1.54, 1.807) is 31.1 Å². The van der Waals surface area contributed by atoms with Gasteiger partial charge in [-0.15, -0.1) is 0 Å². The summed E-state index contributed by atoms with van der Waals surface area (Å²) < 4.78 is 0. The lowest BCUT2D eigenvalue weighted by Gasteiger charge is -2.17. The smallest absolute Gasteiger partial charge is 0.335 e. The maximum Gasteiger partial charge on any atom is 0.335 e. The number of hydrogen-bond donors (Lipinski definition) is 1. The van der Waals surface area contributed by atoms with Gasteiger partial charge in [0.2, 0.25) is 5.91 Å². The van der Waals surface area contributed by atoms with E-state index in [-0.39, 0.29) is 5.91 Å². The molecular weight excluding hydrogens is 280 g/mol. The Morgan fingerprint density at radius 2 is 1.95 bits per heavy atom. The number of amides is 1. The molecule has 1 fully saturated rings. The topological polar surface area (TPSA) is 60.9 Å². The summed E-state index contributed by atoms with van der Waals surface area (Å²) in [7, 11) is 3.58. The standard InChI is InChI=1S/C17H24N2O3/c1-18(2)16(20)8-10-19-9-7-14(12-19)11-13-3-5-15(6-4-13)17(21)22/h3-6,14H,7-12H2,1-2H3,(H,21,22)/t14-/m1/s1. The van der Waals surface area contributed by atoms with Gasteiger partial charge in [0.05, 0.1) is 5.56 Å². The first-order valence-corrected chi connectivity index (χ1v) is 7.70. The van der Waals surface area contributed by atoms with Gasteiger partial charge in [0, 0.05) is 33.6 Å². The molecular formula is C17H24N2O3. The predicted molar refractivity (Wildman–Crippen MR) is 85.0 cm³/mol. The molecule has 0 aromatic heterocycles. The molecule has 0 unspecified atom stereocenters. The van der Waals surface area contributed by atoms with Crippen LogP contribution in [-0.2, 0) is 11.2 Å². The van der Waals surface area contributed by atoms with Gasteiger partial charge in [0.1, 0.15) is 0 Å². The Morgan fingerprint density at radius 3 is 2.55 bits per heavy atom. The Bertz CT molecular complexity index is 525. The van der Waals surface area contributed by atoms with Crippen LogP contribution in [0.1, 0.15) is 28.8 Å². The fourth-order valence-corrected chi connectivity index (χ4v) is 2.88. The van der Waals surface area contributed by atoms with Gasteiger partial charge in [-0.05, 0) is 43.0 Å². The first-order valence-electron chi connectivity index (χ1n) is 7.70. The Labute approximate surface area is 131 Å². The Balaban J connectivity index is 1.78. The highest BCUT2D eigenvalue weighted by atomic mass is 16.4. The van der Waals surface area contributed by atoms with Crippen molar-refractivity contribution in [1.29, 1.82) is 0 Å². The largest absolute Gasteiger partial charge is 0.478 e. The molecule has 0 bridgehead atoms. The molecule has 1 amide bonds. The molecule has 1 aliphatic rings.